The zero-order valence-corrected chi connectivity index (χ0v) is 11.7. The molecule has 1 saturated carbocycles. The molecule has 0 heterocycles. The van der Waals surface area contributed by atoms with Gasteiger partial charge in [0.05, 0.1) is 11.8 Å². The van der Waals surface area contributed by atoms with Crippen LogP contribution in [0.2, 0.25) is 0 Å². The predicted octanol–water partition coefficient (Wildman–Crippen LogP) is 2.35. The fourth-order valence-corrected chi connectivity index (χ4v) is 3.24. The summed E-state index contributed by atoms with van der Waals surface area (Å²) >= 11 is 0. The lowest BCUT2D eigenvalue weighted by Crippen LogP contribution is -2.42. The Hall–Kier alpha value is -1.32. The number of carboxylic acid groups (broad SMARTS) is 1. The van der Waals surface area contributed by atoms with Crippen molar-refractivity contribution >= 4 is 11.9 Å². The number of carbonyl (C=O) groups is 2. The van der Waals surface area contributed by atoms with Crippen LogP contribution in [0.1, 0.15) is 46.0 Å². The van der Waals surface area contributed by atoms with Crippen LogP contribution in [0.3, 0.4) is 0 Å². The van der Waals surface area contributed by atoms with Crippen molar-refractivity contribution in [2.75, 3.05) is 0 Å². The minimum Gasteiger partial charge on any atom is -0.481 e. The molecule has 19 heavy (non-hydrogen) atoms. The maximum absolute atomic E-state index is 12.3. The van der Waals surface area contributed by atoms with Gasteiger partial charge in [0.15, 0.2) is 0 Å². The van der Waals surface area contributed by atoms with Crippen LogP contribution in [-0.4, -0.2) is 23.0 Å². The van der Waals surface area contributed by atoms with Gasteiger partial charge in [-0.05, 0) is 37.5 Å². The number of hydrogen-bond acceptors (Lipinski definition) is 2. The largest absolute Gasteiger partial charge is 0.481 e. The van der Waals surface area contributed by atoms with E-state index in [9.17, 15) is 14.7 Å². The molecule has 106 valence electrons. The van der Waals surface area contributed by atoms with Crippen LogP contribution in [0.4, 0.5) is 0 Å². The summed E-state index contributed by atoms with van der Waals surface area (Å²) in [7, 11) is 0. The van der Waals surface area contributed by atoms with Gasteiger partial charge in [0.2, 0.25) is 5.91 Å². The van der Waals surface area contributed by atoms with E-state index in [0.29, 0.717) is 12.8 Å². The lowest BCUT2D eigenvalue weighted by atomic mass is 9.82. The smallest absolute Gasteiger partial charge is 0.307 e. The van der Waals surface area contributed by atoms with Gasteiger partial charge in [-0.2, -0.15) is 0 Å². The second-order valence-electron chi connectivity index (χ2n) is 6.61. The number of aliphatic carboxylic acids is 1. The standard InChI is InChI=1S/C15H23NO3/c1-15(2)8-7-10(9-15)16-13(17)11-5-3-4-6-12(11)14(18)19/h3-4,10-12H,5-9H2,1-2H3,(H,16,17)(H,18,19)/t10?,11-,12+/m1/s1. The topological polar surface area (TPSA) is 66.4 Å². The number of carbonyl (C=O) groups excluding carboxylic acids is 1. The molecule has 2 aliphatic carbocycles. The highest BCUT2D eigenvalue weighted by Crippen LogP contribution is 2.37. The van der Waals surface area contributed by atoms with E-state index >= 15 is 0 Å². The Morgan fingerprint density at radius 3 is 2.37 bits per heavy atom. The molecule has 1 fully saturated rings. The average Bonchev–Trinajstić information content (AvgIpc) is 2.68. The van der Waals surface area contributed by atoms with Gasteiger partial charge in [-0.15, -0.1) is 0 Å². The Balaban J connectivity index is 1.95. The third-order valence-corrected chi connectivity index (χ3v) is 4.40. The highest BCUT2D eigenvalue weighted by Gasteiger charge is 2.37. The molecule has 2 aliphatic rings. The summed E-state index contributed by atoms with van der Waals surface area (Å²) in [6, 6.07) is 0.211. The van der Waals surface area contributed by atoms with Crippen molar-refractivity contribution in [2.45, 2.75) is 52.0 Å². The monoisotopic (exact) mass is 265 g/mol. The highest BCUT2D eigenvalue weighted by molar-refractivity contribution is 5.85. The SMILES string of the molecule is CC1(C)CCC(NC(=O)[C@@H]2CC=CC[C@@H]2C(=O)O)C1. The molecule has 0 aromatic carbocycles. The molecule has 0 saturated heterocycles. The molecule has 3 atom stereocenters. The van der Waals surface area contributed by atoms with Crippen LogP contribution in [0.15, 0.2) is 12.2 Å². The second-order valence-corrected chi connectivity index (χ2v) is 6.61. The molecule has 0 aliphatic heterocycles. The molecule has 0 spiro atoms. The summed E-state index contributed by atoms with van der Waals surface area (Å²) in [4.78, 5) is 23.5. The van der Waals surface area contributed by atoms with Gasteiger partial charge in [0.1, 0.15) is 0 Å². The van der Waals surface area contributed by atoms with Crippen molar-refractivity contribution in [2.24, 2.45) is 17.3 Å². The molecule has 0 bridgehead atoms. The Bertz CT molecular complexity index is 400. The van der Waals surface area contributed by atoms with Gasteiger partial charge in [0, 0.05) is 6.04 Å². The number of rotatable bonds is 3. The predicted molar refractivity (Wildman–Crippen MR) is 72.6 cm³/mol. The molecular formula is C15H23NO3. The van der Waals surface area contributed by atoms with Crippen molar-refractivity contribution in [3.05, 3.63) is 12.2 Å². The van der Waals surface area contributed by atoms with Gasteiger partial charge in [-0.3, -0.25) is 9.59 Å². The maximum atomic E-state index is 12.3. The summed E-state index contributed by atoms with van der Waals surface area (Å²) in [5, 5.41) is 12.2. The first-order valence-electron chi connectivity index (χ1n) is 7.07. The van der Waals surface area contributed by atoms with Gasteiger partial charge in [-0.1, -0.05) is 26.0 Å². The average molecular weight is 265 g/mol. The third-order valence-electron chi connectivity index (χ3n) is 4.40. The fourth-order valence-electron chi connectivity index (χ4n) is 3.24. The van der Waals surface area contributed by atoms with Crippen LogP contribution in [-0.2, 0) is 9.59 Å². The van der Waals surface area contributed by atoms with E-state index < -0.39 is 17.8 Å². The summed E-state index contributed by atoms with van der Waals surface area (Å²) in [6.07, 6.45) is 7.88. The zero-order chi connectivity index (χ0) is 14.0. The summed E-state index contributed by atoms with van der Waals surface area (Å²) < 4.78 is 0. The lowest BCUT2D eigenvalue weighted by Gasteiger charge is -2.26. The fraction of sp³-hybridized carbons (Fsp3) is 0.733. The number of nitrogens with one attached hydrogen (secondary N) is 1. The van der Waals surface area contributed by atoms with Crippen molar-refractivity contribution < 1.29 is 14.7 Å². The van der Waals surface area contributed by atoms with E-state index in [0.717, 1.165) is 19.3 Å². The first-order valence-corrected chi connectivity index (χ1v) is 7.07. The van der Waals surface area contributed by atoms with Crippen LogP contribution in [0.25, 0.3) is 0 Å². The number of amides is 1. The Morgan fingerprint density at radius 2 is 1.84 bits per heavy atom. The Morgan fingerprint density at radius 1 is 1.21 bits per heavy atom. The summed E-state index contributed by atoms with van der Waals surface area (Å²) in [6.45, 7) is 4.42. The summed E-state index contributed by atoms with van der Waals surface area (Å²) in [5.74, 6) is -1.93. The van der Waals surface area contributed by atoms with Gasteiger partial charge < -0.3 is 10.4 Å². The molecule has 1 unspecified atom stereocenters. The van der Waals surface area contributed by atoms with Crippen LogP contribution < -0.4 is 5.32 Å². The molecule has 4 heteroatoms. The van der Waals surface area contributed by atoms with E-state index in [2.05, 4.69) is 19.2 Å². The van der Waals surface area contributed by atoms with E-state index in [1.807, 2.05) is 12.2 Å². The quantitative estimate of drug-likeness (QED) is 0.770. The van der Waals surface area contributed by atoms with Crippen molar-refractivity contribution in [1.82, 2.24) is 5.32 Å². The van der Waals surface area contributed by atoms with Crippen molar-refractivity contribution in [1.29, 1.82) is 0 Å². The molecule has 2 rings (SSSR count). The number of carboxylic acids is 1. The van der Waals surface area contributed by atoms with Crippen LogP contribution in [0.5, 0.6) is 0 Å². The second kappa shape index (κ2) is 5.35. The molecule has 0 aromatic heterocycles. The summed E-state index contributed by atoms with van der Waals surface area (Å²) in [5.41, 5.74) is 0.288. The van der Waals surface area contributed by atoms with E-state index in [4.69, 9.17) is 0 Å². The molecule has 4 nitrogen and oxygen atoms in total. The van der Waals surface area contributed by atoms with Gasteiger partial charge >= 0.3 is 5.97 Å². The third kappa shape index (κ3) is 3.37. The minimum absolute atomic E-state index is 0.0838. The lowest BCUT2D eigenvalue weighted by molar-refractivity contribution is -0.147. The van der Waals surface area contributed by atoms with Crippen molar-refractivity contribution in [3.63, 3.8) is 0 Å². The Kier molecular flexibility index (Phi) is 3.97. The van der Waals surface area contributed by atoms with Gasteiger partial charge in [-0.25, -0.2) is 0 Å². The van der Waals surface area contributed by atoms with E-state index in [1.165, 1.54) is 0 Å². The molecule has 1 amide bonds. The first-order chi connectivity index (χ1) is 8.89. The molecule has 2 N–H and O–H groups in total. The van der Waals surface area contributed by atoms with E-state index in [-0.39, 0.29) is 17.4 Å². The highest BCUT2D eigenvalue weighted by atomic mass is 16.4. The normalized spacial score (nSPS) is 33.1. The molecule has 0 radical (unpaired) electrons. The first kappa shape index (κ1) is 14.1. The minimum atomic E-state index is -0.865. The zero-order valence-electron chi connectivity index (χ0n) is 11.7. The maximum Gasteiger partial charge on any atom is 0.307 e. The Labute approximate surface area is 114 Å². The molecule has 0 aromatic rings. The van der Waals surface area contributed by atoms with Crippen molar-refractivity contribution in [3.8, 4) is 0 Å². The number of hydrogen-bond donors (Lipinski definition) is 2. The van der Waals surface area contributed by atoms with Crippen LogP contribution in [0, 0.1) is 17.3 Å². The van der Waals surface area contributed by atoms with E-state index in [1.54, 1.807) is 0 Å². The number of allylic oxidation sites excluding steroid dienone is 2. The van der Waals surface area contributed by atoms with Gasteiger partial charge in [0.25, 0.3) is 0 Å². The molecular weight excluding hydrogens is 242 g/mol. The van der Waals surface area contributed by atoms with Crippen LogP contribution >= 0.6 is 0 Å².